The fourth-order valence-corrected chi connectivity index (χ4v) is 1.90. The van der Waals surface area contributed by atoms with Gasteiger partial charge in [-0.2, -0.15) is 0 Å². The summed E-state index contributed by atoms with van der Waals surface area (Å²) in [6.45, 7) is 2.15. The predicted molar refractivity (Wildman–Crippen MR) is 77.6 cm³/mol. The van der Waals surface area contributed by atoms with Crippen LogP contribution in [0.4, 0.5) is 5.82 Å². The molecule has 0 aliphatic heterocycles. The number of nitrogens with one attached hydrogen (secondary N) is 1. The topological polar surface area (TPSA) is 47.0 Å². The lowest BCUT2D eigenvalue weighted by Crippen LogP contribution is -2.01. The van der Waals surface area contributed by atoms with Crippen LogP contribution in [0.15, 0.2) is 30.3 Å². The molecule has 1 aromatic carbocycles. The number of aromatic nitrogens is 2. The number of benzene rings is 1. The Morgan fingerprint density at radius 2 is 2.05 bits per heavy atom. The Hall–Kier alpha value is -2.10. The van der Waals surface area contributed by atoms with Crippen LogP contribution in [0, 0.1) is 0 Å². The highest BCUT2D eigenvalue weighted by molar-refractivity contribution is 5.59. The number of hydrogen-bond donors (Lipinski definition) is 1. The zero-order valence-electron chi connectivity index (χ0n) is 11.6. The van der Waals surface area contributed by atoms with Gasteiger partial charge in [0.2, 0.25) is 0 Å². The van der Waals surface area contributed by atoms with E-state index in [0.29, 0.717) is 0 Å². The van der Waals surface area contributed by atoms with Crippen molar-refractivity contribution in [1.29, 1.82) is 0 Å². The molecule has 0 bridgehead atoms. The summed E-state index contributed by atoms with van der Waals surface area (Å²) in [6.07, 6.45) is 2.02. The van der Waals surface area contributed by atoms with Gasteiger partial charge in [-0.1, -0.05) is 25.5 Å². The molecule has 0 saturated heterocycles. The van der Waals surface area contributed by atoms with Crippen LogP contribution in [-0.4, -0.2) is 24.1 Å². The first-order valence-electron chi connectivity index (χ1n) is 6.47. The summed E-state index contributed by atoms with van der Waals surface area (Å²) in [7, 11) is 3.53. The number of methoxy groups -OCH3 is 1. The van der Waals surface area contributed by atoms with Gasteiger partial charge in [0.25, 0.3) is 0 Å². The lowest BCUT2D eigenvalue weighted by molar-refractivity contribution is 0.415. The Kier molecular flexibility index (Phi) is 4.34. The van der Waals surface area contributed by atoms with Crippen molar-refractivity contribution in [3.8, 4) is 17.1 Å². The molecule has 0 aliphatic rings. The molecule has 1 aromatic heterocycles. The molecule has 2 aromatic rings. The monoisotopic (exact) mass is 257 g/mol. The molecule has 1 heterocycles. The molecule has 100 valence electrons. The molecule has 0 fully saturated rings. The summed E-state index contributed by atoms with van der Waals surface area (Å²) in [4.78, 5) is 9.11. The van der Waals surface area contributed by atoms with Gasteiger partial charge < -0.3 is 10.1 Å². The van der Waals surface area contributed by atoms with E-state index in [-0.39, 0.29) is 0 Å². The molecular formula is C15H19N3O. The normalized spacial score (nSPS) is 10.3. The molecule has 4 nitrogen and oxygen atoms in total. The van der Waals surface area contributed by atoms with E-state index < -0.39 is 0 Å². The van der Waals surface area contributed by atoms with Crippen molar-refractivity contribution >= 4 is 5.82 Å². The third-order valence-electron chi connectivity index (χ3n) is 2.87. The number of rotatable bonds is 5. The molecule has 19 heavy (non-hydrogen) atoms. The number of anilines is 1. The van der Waals surface area contributed by atoms with Gasteiger partial charge in [0.1, 0.15) is 11.6 Å². The third kappa shape index (κ3) is 3.22. The highest BCUT2D eigenvalue weighted by Gasteiger charge is 2.07. The minimum Gasteiger partial charge on any atom is -0.497 e. The SMILES string of the molecule is CCCc1cc(NC)nc(-c2cccc(OC)c2)n1. The molecule has 0 radical (unpaired) electrons. The van der Waals surface area contributed by atoms with Crippen molar-refractivity contribution in [3.05, 3.63) is 36.0 Å². The maximum Gasteiger partial charge on any atom is 0.161 e. The Morgan fingerprint density at radius 1 is 1.21 bits per heavy atom. The van der Waals surface area contributed by atoms with Gasteiger partial charge in [-0.05, 0) is 18.6 Å². The summed E-state index contributed by atoms with van der Waals surface area (Å²) in [5.41, 5.74) is 2.02. The summed E-state index contributed by atoms with van der Waals surface area (Å²) < 4.78 is 5.24. The summed E-state index contributed by atoms with van der Waals surface area (Å²) in [6, 6.07) is 9.80. The van der Waals surface area contributed by atoms with Crippen molar-refractivity contribution in [2.75, 3.05) is 19.5 Å². The molecular weight excluding hydrogens is 238 g/mol. The Morgan fingerprint density at radius 3 is 2.74 bits per heavy atom. The second kappa shape index (κ2) is 6.18. The van der Waals surface area contributed by atoms with E-state index >= 15 is 0 Å². The van der Waals surface area contributed by atoms with Crippen molar-refractivity contribution < 1.29 is 4.74 Å². The molecule has 4 heteroatoms. The highest BCUT2D eigenvalue weighted by Crippen LogP contribution is 2.22. The summed E-state index contributed by atoms with van der Waals surface area (Å²) in [5.74, 6) is 2.39. The van der Waals surface area contributed by atoms with E-state index in [4.69, 9.17) is 4.74 Å². The first kappa shape index (κ1) is 13.3. The lowest BCUT2D eigenvalue weighted by atomic mass is 10.2. The number of aryl methyl sites for hydroxylation is 1. The fourth-order valence-electron chi connectivity index (χ4n) is 1.90. The maximum absolute atomic E-state index is 5.24. The van der Waals surface area contributed by atoms with Crippen molar-refractivity contribution in [1.82, 2.24) is 9.97 Å². The maximum atomic E-state index is 5.24. The number of nitrogens with zero attached hydrogens (tertiary/aromatic N) is 2. The Labute approximate surface area is 113 Å². The average molecular weight is 257 g/mol. The molecule has 0 spiro atoms. The number of hydrogen-bond acceptors (Lipinski definition) is 4. The van der Waals surface area contributed by atoms with Crippen LogP contribution in [0.2, 0.25) is 0 Å². The molecule has 0 amide bonds. The van der Waals surface area contributed by atoms with Gasteiger partial charge in [-0.3, -0.25) is 0 Å². The van der Waals surface area contributed by atoms with E-state index in [1.807, 2.05) is 37.4 Å². The molecule has 0 atom stereocenters. The first-order valence-corrected chi connectivity index (χ1v) is 6.47. The first-order chi connectivity index (χ1) is 9.26. The van der Waals surface area contributed by atoms with E-state index in [1.54, 1.807) is 7.11 Å². The van der Waals surface area contributed by atoms with Gasteiger partial charge in [0, 0.05) is 24.4 Å². The smallest absolute Gasteiger partial charge is 0.161 e. The van der Waals surface area contributed by atoms with Crippen molar-refractivity contribution in [2.45, 2.75) is 19.8 Å². The quantitative estimate of drug-likeness (QED) is 0.893. The Balaban J connectivity index is 2.44. The van der Waals surface area contributed by atoms with Crippen LogP contribution in [0.25, 0.3) is 11.4 Å². The number of ether oxygens (including phenoxy) is 1. The van der Waals surface area contributed by atoms with Crippen LogP contribution in [-0.2, 0) is 6.42 Å². The van der Waals surface area contributed by atoms with Crippen molar-refractivity contribution in [3.63, 3.8) is 0 Å². The summed E-state index contributed by atoms with van der Waals surface area (Å²) >= 11 is 0. The third-order valence-corrected chi connectivity index (χ3v) is 2.87. The standard InChI is InChI=1S/C15H19N3O/c1-4-6-12-10-14(16-2)18-15(17-12)11-7-5-8-13(9-11)19-3/h5,7-10H,4,6H2,1-3H3,(H,16,17,18). The van der Waals surface area contributed by atoms with Crippen LogP contribution < -0.4 is 10.1 Å². The minimum absolute atomic E-state index is 0.731. The minimum atomic E-state index is 0.731. The highest BCUT2D eigenvalue weighted by atomic mass is 16.5. The van der Waals surface area contributed by atoms with Crippen LogP contribution in [0.1, 0.15) is 19.0 Å². The predicted octanol–water partition coefficient (Wildman–Crippen LogP) is 3.15. The lowest BCUT2D eigenvalue weighted by Gasteiger charge is -2.08. The van der Waals surface area contributed by atoms with Crippen molar-refractivity contribution in [2.24, 2.45) is 0 Å². The van der Waals surface area contributed by atoms with E-state index in [0.717, 1.165) is 41.5 Å². The average Bonchev–Trinajstić information content (AvgIpc) is 2.47. The van der Waals surface area contributed by atoms with Gasteiger partial charge >= 0.3 is 0 Å². The van der Waals surface area contributed by atoms with E-state index in [1.165, 1.54) is 0 Å². The zero-order chi connectivity index (χ0) is 13.7. The molecule has 0 saturated carbocycles. The van der Waals surface area contributed by atoms with Gasteiger partial charge in [0.05, 0.1) is 7.11 Å². The fraction of sp³-hybridized carbons (Fsp3) is 0.333. The van der Waals surface area contributed by atoms with Gasteiger partial charge in [-0.25, -0.2) is 9.97 Å². The van der Waals surface area contributed by atoms with Crippen LogP contribution in [0.3, 0.4) is 0 Å². The zero-order valence-corrected chi connectivity index (χ0v) is 11.6. The van der Waals surface area contributed by atoms with Gasteiger partial charge in [-0.15, -0.1) is 0 Å². The molecule has 0 aliphatic carbocycles. The van der Waals surface area contributed by atoms with Crippen LogP contribution >= 0.6 is 0 Å². The van der Waals surface area contributed by atoms with Crippen LogP contribution in [0.5, 0.6) is 5.75 Å². The van der Waals surface area contributed by atoms with E-state index in [9.17, 15) is 0 Å². The molecule has 2 rings (SSSR count). The molecule has 1 N–H and O–H groups in total. The van der Waals surface area contributed by atoms with E-state index in [2.05, 4.69) is 22.2 Å². The molecule has 0 unspecified atom stereocenters. The second-order valence-corrected chi connectivity index (χ2v) is 4.30. The largest absolute Gasteiger partial charge is 0.497 e. The second-order valence-electron chi connectivity index (χ2n) is 4.30. The Bertz CT molecular complexity index is 555. The summed E-state index contributed by atoms with van der Waals surface area (Å²) in [5, 5.41) is 3.08. The van der Waals surface area contributed by atoms with Gasteiger partial charge in [0.15, 0.2) is 5.82 Å².